The number of ether oxygens (including phenoxy) is 1. The number of methoxy groups -OCH3 is 1. The van der Waals surface area contributed by atoms with E-state index in [2.05, 4.69) is 15.9 Å². The molecule has 0 saturated carbocycles. The van der Waals surface area contributed by atoms with Crippen LogP contribution < -0.4 is 4.74 Å². The van der Waals surface area contributed by atoms with Crippen LogP contribution in [0.15, 0.2) is 56.7 Å². The fourth-order valence-corrected chi connectivity index (χ4v) is 3.15. The van der Waals surface area contributed by atoms with Gasteiger partial charge in [-0.1, -0.05) is 33.8 Å². The Hall–Kier alpha value is -0.970. The summed E-state index contributed by atoms with van der Waals surface area (Å²) >= 11 is 5.04. The predicted molar refractivity (Wildman–Crippen MR) is 81.9 cm³/mol. The maximum Gasteiger partial charge on any atom is 0.125 e. The molecule has 19 heavy (non-hydrogen) atoms. The smallest absolute Gasteiger partial charge is 0.125 e. The fourth-order valence-electron chi connectivity index (χ4n) is 1.83. The summed E-state index contributed by atoms with van der Waals surface area (Å²) in [6, 6.07) is 13.9. The fraction of sp³-hybridized carbons (Fsp3) is 0.200. The van der Waals surface area contributed by atoms with Gasteiger partial charge >= 0.3 is 0 Å². The van der Waals surface area contributed by atoms with Crippen LogP contribution in [0.4, 0.5) is 0 Å². The Morgan fingerprint density at radius 3 is 2.42 bits per heavy atom. The molecule has 0 amide bonds. The second-order valence-electron chi connectivity index (χ2n) is 4.10. The molecule has 0 aliphatic heterocycles. The van der Waals surface area contributed by atoms with Gasteiger partial charge < -0.3 is 9.84 Å². The van der Waals surface area contributed by atoms with Crippen molar-refractivity contribution in [1.29, 1.82) is 0 Å². The molecule has 2 aromatic carbocycles. The van der Waals surface area contributed by atoms with E-state index in [1.165, 1.54) is 0 Å². The molecule has 2 nitrogen and oxygen atoms in total. The second kappa shape index (κ2) is 6.46. The van der Waals surface area contributed by atoms with Gasteiger partial charge in [-0.25, -0.2) is 0 Å². The van der Waals surface area contributed by atoms with E-state index < -0.39 is 6.10 Å². The summed E-state index contributed by atoms with van der Waals surface area (Å²) in [5, 5.41) is 9.94. The van der Waals surface area contributed by atoms with Crippen LogP contribution >= 0.6 is 27.7 Å². The third kappa shape index (κ3) is 3.53. The molecule has 2 rings (SSSR count). The van der Waals surface area contributed by atoms with Gasteiger partial charge in [0.2, 0.25) is 0 Å². The second-order valence-corrected chi connectivity index (χ2v) is 6.14. The van der Waals surface area contributed by atoms with E-state index in [0.29, 0.717) is 0 Å². The van der Waals surface area contributed by atoms with E-state index in [1.807, 2.05) is 42.5 Å². The Balaban J connectivity index is 2.36. The van der Waals surface area contributed by atoms with E-state index in [4.69, 9.17) is 4.74 Å². The molecular formula is C15H15BrO2S. The highest BCUT2D eigenvalue weighted by Crippen LogP contribution is 2.38. The zero-order valence-corrected chi connectivity index (χ0v) is 13.2. The molecule has 0 saturated heterocycles. The number of benzene rings is 2. The summed E-state index contributed by atoms with van der Waals surface area (Å²) < 4.78 is 6.38. The van der Waals surface area contributed by atoms with Crippen molar-refractivity contribution in [1.82, 2.24) is 0 Å². The molecule has 0 aromatic heterocycles. The highest BCUT2D eigenvalue weighted by Gasteiger charge is 2.14. The number of aliphatic hydroxyl groups is 1. The summed E-state index contributed by atoms with van der Waals surface area (Å²) in [4.78, 5) is 2.13. The summed E-state index contributed by atoms with van der Waals surface area (Å²) in [7, 11) is 1.62. The normalized spacial score (nSPS) is 12.2. The lowest BCUT2D eigenvalue weighted by Crippen LogP contribution is -1.98. The van der Waals surface area contributed by atoms with Crippen LogP contribution in [-0.2, 0) is 0 Å². The maximum atomic E-state index is 9.94. The standard InChI is InChI=1S/C15H15BrO2S/c1-10(17)15-13(18-2)4-3-5-14(15)19-12-8-6-11(16)7-9-12/h3-10,17H,1-2H3/t10-/m0/s1. The van der Waals surface area contributed by atoms with Gasteiger partial charge in [-0.15, -0.1) is 0 Å². The number of hydrogen-bond donors (Lipinski definition) is 1. The lowest BCUT2D eigenvalue weighted by atomic mass is 10.1. The monoisotopic (exact) mass is 338 g/mol. The first kappa shape index (κ1) is 14.4. The van der Waals surface area contributed by atoms with Crippen LogP contribution in [0.1, 0.15) is 18.6 Å². The maximum absolute atomic E-state index is 9.94. The van der Waals surface area contributed by atoms with Crippen molar-refractivity contribution >= 4 is 27.7 Å². The van der Waals surface area contributed by atoms with Gasteiger partial charge in [-0.3, -0.25) is 0 Å². The molecule has 100 valence electrons. The molecular weight excluding hydrogens is 324 g/mol. The lowest BCUT2D eigenvalue weighted by Gasteiger charge is -2.15. The number of halogens is 1. The Morgan fingerprint density at radius 2 is 1.84 bits per heavy atom. The summed E-state index contributed by atoms with van der Waals surface area (Å²) in [6.45, 7) is 1.75. The minimum absolute atomic E-state index is 0.561. The molecule has 4 heteroatoms. The first-order valence-electron chi connectivity index (χ1n) is 5.90. The number of rotatable bonds is 4. The third-order valence-electron chi connectivity index (χ3n) is 2.71. The topological polar surface area (TPSA) is 29.5 Å². The van der Waals surface area contributed by atoms with Crippen molar-refractivity contribution in [2.24, 2.45) is 0 Å². The highest BCUT2D eigenvalue weighted by molar-refractivity contribution is 9.10. The first-order valence-corrected chi connectivity index (χ1v) is 7.51. The molecule has 0 aliphatic rings. The van der Waals surface area contributed by atoms with Crippen molar-refractivity contribution in [3.8, 4) is 5.75 Å². The van der Waals surface area contributed by atoms with Crippen LogP contribution in [0.3, 0.4) is 0 Å². The summed E-state index contributed by atoms with van der Waals surface area (Å²) in [6.07, 6.45) is -0.561. The summed E-state index contributed by atoms with van der Waals surface area (Å²) in [5.41, 5.74) is 0.831. The van der Waals surface area contributed by atoms with Crippen LogP contribution in [0, 0.1) is 0 Å². The highest BCUT2D eigenvalue weighted by atomic mass is 79.9. The van der Waals surface area contributed by atoms with Crippen molar-refractivity contribution in [2.45, 2.75) is 22.8 Å². The van der Waals surface area contributed by atoms with Crippen molar-refractivity contribution in [3.63, 3.8) is 0 Å². The first-order chi connectivity index (χ1) is 9.11. The molecule has 0 radical (unpaired) electrons. The van der Waals surface area contributed by atoms with E-state index in [9.17, 15) is 5.11 Å². The van der Waals surface area contributed by atoms with Crippen LogP contribution in [0.5, 0.6) is 5.75 Å². The zero-order chi connectivity index (χ0) is 13.8. The van der Waals surface area contributed by atoms with Gasteiger partial charge in [-0.2, -0.15) is 0 Å². The van der Waals surface area contributed by atoms with Gasteiger partial charge in [-0.05, 0) is 43.3 Å². The van der Waals surface area contributed by atoms with Crippen molar-refractivity contribution < 1.29 is 9.84 Å². The quantitative estimate of drug-likeness (QED) is 0.878. The molecule has 2 aromatic rings. The van der Waals surface area contributed by atoms with Crippen LogP contribution in [-0.4, -0.2) is 12.2 Å². The molecule has 0 aliphatic carbocycles. The summed E-state index contributed by atoms with van der Waals surface area (Å²) in [5.74, 6) is 0.720. The minimum Gasteiger partial charge on any atom is -0.496 e. The van der Waals surface area contributed by atoms with E-state index in [-0.39, 0.29) is 0 Å². The molecule has 1 atom stereocenters. The van der Waals surface area contributed by atoms with E-state index in [1.54, 1.807) is 25.8 Å². The van der Waals surface area contributed by atoms with Gasteiger partial charge in [0.15, 0.2) is 0 Å². The van der Waals surface area contributed by atoms with Gasteiger partial charge in [0, 0.05) is 19.8 Å². The van der Waals surface area contributed by atoms with Gasteiger partial charge in [0.25, 0.3) is 0 Å². The average Bonchev–Trinajstić information content (AvgIpc) is 2.40. The zero-order valence-electron chi connectivity index (χ0n) is 10.8. The lowest BCUT2D eigenvalue weighted by molar-refractivity contribution is 0.191. The Labute approximate surface area is 125 Å². The van der Waals surface area contributed by atoms with Gasteiger partial charge in [0.05, 0.1) is 13.2 Å². The minimum atomic E-state index is -0.561. The van der Waals surface area contributed by atoms with Crippen LogP contribution in [0.25, 0.3) is 0 Å². The molecule has 0 spiro atoms. The largest absolute Gasteiger partial charge is 0.496 e. The number of aliphatic hydroxyl groups excluding tert-OH is 1. The SMILES string of the molecule is COc1cccc(Sc2ccc(Br)cc2)c1[C@H](C)O. The molecule has 0 fully saturated rings. The molecule has 1 N–H and O–H groups in total. The Kier molecular flexibility index (Phi) is 4.91. The predicted octanol–water partition coefficient (Wildman–Crippen LogP) is 4.66. The van der Waals surface area contributed by atoms with Gasteiger partial charge in [0.1, 0.15) is 5.75 Å². The van der Waals surface area contributed by atoms with Crippen molar-refractivity contribution in [2.75, 3.05) is 7.11 Å². The molecule has 0 heterocycles. The third-order valence-corrected chi connectivity index (χ3v) is 4.32. The molecule has 0 bridgehead atoms. The van der Waals surface area contributed by atoms with Crippen LogP contribution in [0.2, 0.25) is 0 Å². The van der Waals surface area contributed by atoms with E-state index >= 15 is 0 Å². The van der Waals surface area contributed by atoms with E-state index in [0.717, 1.165) is 25.6 Å². The number of hydrogen-bond acceptors (Lipinski definition) is 3. The van der Waals surface area contributed by atoms with Crippen molar-refractivity contribution in [3.05, 3.63) is 52.5 Å². The Bertz CT molecular complexity index is 553. The molecule has 0 unspecified atom stereocenters. The average molecular weight is 339 g/mol. The Morgan fingerprint density at radius 1 is 1.16 bits per heavy atom.